The van der Waals surface area contributed by atoms with E-state index >= 15 is 0 Å². The molecule has 0 amide bonds. The highest BCUT2D eigenvalue weighted by molar-refractivity contribution is 5.46. The smallest absolute Gasteiger partial charge is 0.122 e. The van der Waals surface area contributed by atoms with Crippen molar-refractivity contribution in [2.75, 3.05) is 26.9 Å². The summed E-state index contributed by atoms with van der Waals surface area (Å²) in [5, 5.41) is 10.7. The van der Waals surface area contributed by atoms with E-state index in [0.29, 0.717) is 18.3 Å². The molecule has 140 valence electrons. The van der Waals surface area contributed by atoms with Crippen LogP contribution in [0.4, 0.5) is 4.39 Å². The molecule has 0 bridgehead atoms. The molecule has 0 spiro atoms. The van der Waals surface area contributed by atoms with Gasteiger partial charge < -0.3 is 9.84 Å². The lowest BCUT2D eigenvalue weighted by Gasteiger charge is -2.46. The molecule has 0 radical (unpaired) electrons. The molecule has 2 heterocycles. The molecule has 4 heteroatoms. The standard InChI is InChI=1S/C21H32FNO2/c1-14(2)9-17-13-23-8-6-15-10-16(5-4-7-22)21(25-3)11-18(15)19(23)12-20(17)24/h10-11,14,17,19-20,24H,4-9,12-13H2,1-3H3. The summed E-state index contributed by atoms with van der Waals surface area (Å²) in [7, 11) is 1.69. The van der Waals surface area contributed by atoms with Gasteiger partial charge in [-0.1, -0.05) is 19.9 Å². The number of halogens is 1. The third-order valence-electron chi connectivity index (χ3n) is 5.84. The molecule has 0 aliphatic carbocycles. The van der Waals surface area contributed by atoms with Crippen LogP contribution in [0.15, 0.2) is 12.1 Å². The molecule has 1 fully saturated rings. The van der Waals surface area contributed by atoms with Crippen LogP contribution in [0.5, 0.6) is 5.75 Å². The molecule has 1 aromatic carbocycles. The Hall–Kier alpha value is -1.13. The molecule has 1 saturated heterocycles. The molecule has 3 rings (SSSR count). The second-order valence-corrected chi connectivity index (χ2v) is 8.11. The van der Waals surface area contributed by atoms with Gasteiger partial charge in [-0.3, -0.25) is 9.29 Å². The molecular weight excluding hydrogens is 317 g/mol. The van der Waals surface area contributed by atoms with Crippen molar-refractivity contribution in [1.82, 2.24) is 4.90 Å². The Morgan fingerprint density at radius 3 is 2.84 bits per heavy atom. The van der Waals surface area contributed by atoms with Crippen LogP contribution >= 0.6 is 0 Å². The van der Waals surface area contributed by atoms with Gasteiger partial charge in [0.05, 0.1) is 19.9 Å². The van der Waals surface area contributed by atoms with E-state index in [2.05, 4.69) is 30.9 Å². The summed E-state index contributed by atoms with van der Waals surface area (Å²) in [6.45, 7) is 6.20. The number of ether oxygens (including phenoxy) is 1. The van der Waals surface area contributed by atoms with Crippen molar-refractivity contribution in [2.24, 2.45) is 11.8 Å². The summed E-state index contributed by atoms with van der Waals surface area (Å²) in [5.41, 5.74) is 3.76. The first-order valence-electron chi connectivity index (χ1n) is 9.71. The largest absolute Gasteiger partial charge is 0.496 e. The van der Waals surface area contributed by atoms with Crippen molar-refractivity contribution in [3.8, 4) is 5.75 Å². The zero-order chi connectivity index (χ0) is 18.0. The predicted molar refractivity (Wildman–Crippen MR) is 98.9 cm³/mol. The van der Waals surface area contributed by atoms with E-state index in [4.69, 9.17) is 4.74 Å². The average molecular weight is 349 g/mol. The Morgan fingerprint density at radius 2 is 2.16 bits per heavy atom. The Bertz CT molecular complexity index is 590. The lowest BCUT2D eigenvalue weighted by Crippen LogP contribution is -2.48. The highest BCUT2D eigenvalue weighted by atomic mass is 19.1. The zero-order valence-electron chi connectivity index (χ0n) is 15.8. The van der Waals surface area contributed by atoms with Crippen LogP contribution in [0, 0.1) is 11.8 Å². The number of methoxy groups -OCH3 is 1. The maximum absolute atomic E-state index is 12.6. The molecule has 1 N–H and O–H groups in total. The fraction of sp³-hybridized carbons (Fsp3) is 0.714. The summed E-state index contributed by atoms with van der Waals surface area (Å²) in [6, 6.07) is 4.65. The second kappa shape index (κ2) is 8.05. The van der Waals surface area contributed by atoms with Crippen LogP contribution in [-0.2, 0) is 12.8 Å². The minimum atomic E-state index is -0.292. The number of piperidine rings is 1. The maximum atomic E-state index is 12.6. The molecule has 25 heavy (non-hydrogen) atoms. The van der Waals surface area contributed by atoms with Gasteiger partial charge in [0.15, 0.2) is 0 Å². The molecule has 0 saturated carbocycles. The fourth-order valence-electron chi connectivity index (χ4n) is 4.65. The fourth-order valence-corrected chi connectivity index (χ4v) is 4.65. The predicted octanol–water partition coefficient (Wildman–Crippen LogP) is 3.92. The molecule has 2 aliphatic heterocycles. The van der Waals surface area contributed by atoms with Gasteiger partial charge in [-0.15, -0.1) is 0 Å². The lowest BCUT2D eigenvalue weighted by molar-refractivity contribution is -0.0191. The average Bonchev–Trinajstić information content (AvgIpc) is 2.59. The minimum absolute atomic E-state index is 0.230. The van der Waals surface area contributed by atoms with Gasteiger partial charge in [0.2, 0.25) is 0 Å². The number of alkyl halides is 1. The number of rotatable bonds is 6. The van der Waals surface area contributed by atoms with Crippen molar-refractivity contribution < 1.29 is 14.2 Å². The van der Waals surface area contributed by atoms with Gasteiger partial charge in [-0.25, -0.2) is 0 Å². The summed E-state index contributed by atoms with van der Waals surface area (Å²) in [6.07, 6.45) is 3.95. The normalized spacial score (nSPS) is 26.4. The summed E-state index contributed by atoms with van der Waals surface area (Å²) in [4.78, 5) is 2.54. The molecule has 1 aromatic rings. The molecular formula is C21H32FNO2. The Morgan fingerprint density at radius 1 is 1.36 bits per heavy atom. The van der Waals surface area contributed by atoms with E-state index in [1.165, 1.54) is 11.1 Å². The number of aryl methyl sites for hydroxylation is 1. The quantitative estimate of drug-likeness (QED) is 0.845. The number of aliphatic hydroxyl groups is 1. The first-order chi connectivity index (χ1) is 12.0. The van der Waals surface area contributed by atoms with Crippen molar-refractivity contribution in [1.29, 1.82) is 0 Å². The van der Waals surface area contributed by atoms with Gasteiger partial charge in [0.1, 0.15) is 5.75 Å². The van der Waals surface area contributed by atoms with E-state index in [-0.39, 0.29) is 18.8 Å². The summed E-state index contributed by atoms with van der Waals surface area (Å²) >= 11 is 0. The van der Waals surface area contributed by atoms with Gasteiger partial charge in [-0.2, -0.15) is 0 Å². The zero-order valence-corrected chi connectivity index (χ0v) is 15.8. The van der Waals surface area contributed by atoms with Crippen molar-refractivity contribution >= 4 is 0 Å². The third-order valence-corrected chi connectivity index (χ3v) is 5.84. The monoisotopic (exact) mass is 349 g/mol. The number of hydrogen-bond acceptors (Lipinski definition) is 3. The van der Waals surface area contributed by atoms with Gasteiger partial charge >= 0.3 is 0 Å². The van der Waals surface area contributed by atoms with Crippen LogP contribution < -0.4 is 4.74 Å². The minimum Gasteiger partial charge on any atom is -0.496 e. The number of aliphatic hydroxyl groups excluding tert-OH is 1. The third kappa shape index (κ3) is 4.01. The Kier molecular flexibility index (Phi) is 6.00. The van der Waals surface area contributed by atoms with Crippen LogP contribution in [0.2, 0.25) is 0 Å². The SMILES string of the molecule is COc1cc2c(cc1CCCF)CCN1CC(CC(C)C)C(O)CC21. The van der Waals surface area contributed by atoms with Crippen LogP contribution in [0.1, 0.15) is 55.8 Å². The number of hydrogen-bond donors (Lipinski definition) is 1. The Balaban J connectivity index is 1.84. The molecule has 0 aromatic heterocycles. The number of fused-ring (bicyclic) bond motifs is 3. The van der Waals surface area contributed by atoms with Crippen molar-refractivity contribution in [3.63, 3.8) is 0 Å². The molecule has 3 unspecified atom stereocenters. The van der Waals surface area contributed by atoms with E-state index in [1.54, 1.807) is 7.11 Å². The van der Waals surface area contributed by atoms with E-state index in [9.17, 15) is 9.50 Å². The van der Waals surface area contributed by atoms with E-state index in [0.717, 1.165) is 50.1 Å². The van der Waals surface area contributed by atoms with Crippen LogP contribution in [0.3, 0.4) is 0 Å². The van der Waals surface area contributed by atoms with E-state index in [1.807, 2.05) is 0 Å². The maximum Gasteiger partial charge on any atom is 0.122 e. The van der Waals surface area contributed by atoms with Crippen molar-refractivity contribution in [3.05, 3.63) is 28.8 Å². The topological polar surface area (TPSA) is 32.7 Å². The number of benzene rings is 1. The van der Waals surface area contributed by atoms with Crippen LogP contribution in [0.25, 0.3) is 0 Å². The number of nitrogens with zero attached hydrogens (tertiary/aromatic N) is 1. The molecule has 3 nitrogen and oxygen atoms in total. The first-order valence-corrected chi connectivity index (χ1v) is 9.71. The lowest BCUT2D eigenvalue weighted by atomic mass is 9.78. The van der Waals surface area contributed by atoms with Gasteiger partial charge in [0.25, 0.3) is 0 Å². The second-order valence-electron chi connectivity index (χ2n) is 8.11. The highest BCUT2D eigenvalue weighted by Crippen LogP contribution is 2.42. The Labute approximate surface area is 151 Å². The van der Waals surface area contributed by atoms with Crippen molar-refractivity contribution in [2.45, 2.75) is 58.1 Å². The van der Waals surface area contributed by atoms with Gasteiger partial charge in [0, 0.05) is 19.1 Å². The van der Waals surface area contributed by atoms with Crippen LogP contribution in [-0.4, -0.2) is 43.0 Å². The molecule has 2 aliphatic rings. The van der Waals surface area contributed by atoms with E-state index < -0.39 is 0 Å². The van der Waals surface area contributed by atoms with Gasteiger partial charge in [-0.05, 0) is 66.7 Å². The summed E-state index contributed by atoms with van der Waals surface area (Å²) in [5.74, 6) is 1.86. The molecule has 3 atom stereocenters. The first kappa shape index (κ1) is 18.7. The summed E-state index contributed by atoms with van der Waals surface area (Å²) < 4.78 is 18.2. The highest BCUT2D eigenvalue weighted by Gasteiger charge is 2.38.